The maximum atomic E-state index is 11.5. The molecule has 5 nitrogen and oxygen atoms in total. The predicted molar refractivity (Wildman–Crippen MR) is 91.1 cm³/mol. The summed E-state index contributed by atoms with van der Waals surface area (Å²) < 4.78 is 5.88. The first kappa shape index (κ1) is 17.5. The number of carbonyl (C=O) groups excluding carboxylic acids is 1. The lowest BCUT2D eigenvalue weighted by molar-refractivity contribution is -0.138. The third kappa shape index (κ3) is 5.12. The first-order valence-electron chi connectivity index (χ1n) is 7.77. The Morgan fingerprint density at radius 2 is 1.75 bits per heavy atom. The second-order valence-electron chi connectivity index (χ2n) is 5.61. The Bertz CT molecular complexity index is 723. The van der Waals surface area contributed by atoms with Crippen LogP contribution in [-0.4, -0.2) is 17.0 Å². The van der Waals surface area contributed by atoms with Gasteiger partial charge in [0.15, 0.2) is 0 Å². The standard InChI is InChI=1S/C19H21NO4/c1-13-4-3-5-17(14(13)2)24-16-8-6-15(7-9-16)12-20-18(21)10-11-19(22)23/h3-9H,10-12H2,1-2H3,(H,20,21)(H,22,23). The number of carbonyl (C=O) groups is 2. The molecule has 2 N–H and O–H groups in total. The van der Waals surface area contributed by atoms with Crippen LogP contribution in [0, 0.1) is 13.8 Å². The Morgan fingerprint density at radius 3 is 2.42 bits per heavy atom. The molecule has 0 atom stereocenters. The SMILES string of the molecule is Cc1cccc(Oc2ccc(CNC(=O)CCC(=O)O)cc2)c1C. The Kier molecular flexibility index (Phi) is 5.95. The summed E-state index contributed by atoms with van der Waals surface area (Å²) in [6, 6.07) is 13.4. The highest BCUT2D eigenvalue weighted by Gasteiger charge is 2.06. The number of ether oxygens (including phenoxy) is 1. The van der Waals surface area contributed by atoms with E-state index >= 15 is 0 Å². The van der Waals surface area contributed by atoms with Crippen molar-refractivity contribution in [1.29, 1.82) is 0 Å². The largest absolute Gasteiger partial charge is 0.481 e. The summed E-state index contributed by atoms with van der Waals surface area (Å²) >= 11 is 0. The van der Waals surface area contributed by atoms with E-state index < -0.39 is 5.97 Å². The van der Waals surface area contributed by atoms with Crippen LogP contribution in [0.5, 0.6) is 11.5 Å². The van der Waals surface area contributed by atoms with Gasteiger partial charge in [0.25, 0.3) is 0 Å². The molecular weight excluding hydrogens is 306 g/mol. The molecule has 2 rings (SSSR count). The van der Waals surface area contributed by atoms with Crippen LogP contribution in [-0.2, 0) is 16.1 Å². The third-order valence-corrected chi connectivity index (χ3v) is 3.76. The van der Waals surface area contributed by atoms with Gasteiger partial charge in [0.2, 0.25) is 5.91 Å². The molecule has 0 radical (unpaired) electrons. The number of carboxylic acid groups (broad SMARTS) is 1. The zero-order valence-corrected chi connectivity index (χ0v) is 13.8. The number of hydrogen-bond acceptors (Lipinski definition) is 3. The number of aliphatic carboxylic acids is 1. The zero-order valence-electron chi connectivity index (χ0n) is 13.8. The first-order valence-corrected chi connectivity index (χ1v) is 7.77. The molecule has 0 aliphatic rings. The summed E-state index contributed by atoms with van der Waals surface area (Å²) in [5.41, 5.74) is 3.20. The molecule has 2 aromatic rings. The summed E-state index contributed by atoms with van der Waals surface area (Å²) in [6.45, 7) is 4.42. The van der Waals surface area contributed by atoms with Gasteiger partial charge in [-0.15, -0.1) is 0 Å². The number of rotatable bonds is 7. The van der Waals surface area contributed by atoms with Crippen LogP contribution in [0.4, 0.5) is 0 Å². The van der Waals surface area contributed by atoms with Gasteiger partial charge < -0.3 is 15.2 Å². The lowest BCUT2D eigenvalue weighted by atomic mass is 10.1. The minimum absolute atomic E-state index is 0.0108. The van der Waals surface area contributed by atoms with Crippen LogP contribution in [0.1, 0.15) is 29.5 Å². The highest BCUT2D eigenvalue weighted by Crippen LogP contribution is 2.26. The highest BCUT2D eigenvalue weighted by molar-refractivity contribution is 5.80. The minimum Gasteiger partial charge on any atom is -0.481 e. The van der Waals surface area contributed by atoms with Gasteiger partial charge in [-0.3, -0.25) is 9.59 Å². The van der Waals surface area contributed by atoms with Crippen molar-refractivity contribution in [3.05, 3.63) is 59.2 Å². The fourth-order valence-corrected chi connectivity index (χ4v) is 2.15. The molecule has 0 aliphatic heterocycles. The monoisotopic (exact) mass is 327 g/mol. The van der Waals surface area contributed by atoms with E-state index in [-0.39, 0.29) is 18.7 Å². The first-order chi connectivity index (χ1) is 11.5. The zero-order chi connectivity index (χ0) is 17.5. The van der Waals surface area contributed by atoms with Crippen LogP contribution in [0.2, 0.25) is 0 Å². The molecule has 126 valence electrons. The van der Waals surface area contributed by atoms with Gasteiger partial charge in [0, 0.05) is 13.0 Å². The van der Waals surface area contributed by atoms with E-state index in [1.165, 1.54) is 5.56 Å². The lowest BCUT2D eigenvalue weighted by Crippen LogP contribution is -2.23. The lowest BCUT2D eigenvalue weighted by Gasteiger charge is -2.11. The molecule has 0 saturated heterocycles. The topological polar surface area (TPSA) is 75.6 Å². The normalized spacial score (nSPS) is 10.2. The van der Waals surface area contributed by atoms with Gasteiger partial charge in [-0.2, -0.15) is 0 Å². The predicted octanol–water partition coefficient (Wildman–Crippen LogP) is 3.58. The molecule has 24 heavy (non-hydrogen) atoms. The molecule has 0 bridgehead atoms. The van der Waals surface area contributed by atoms with E-state index in [1.807, 2.05) is 56.3 Å². The average molecular weight is 327 g/mol. The van der Waals surface area contributed by atoms with E-state index in [0.29, 0.717) is 6.54 Å². The summed E-state index contributed by atoms with van der Waals surface area (Å²) in [4.78, 5) is 21.9. The highest BCUT2D eigenvalue weighted by atomic mass is 16.5. The van der Waals surface area contributed by atoms with E-state index in [0.717, 1.165) is 22.6 Å². The Balaban J connectivity index is 1.90. The quantitative estimate of drug-likeness (QED) is 0.815. The van der Waals surface area contributed by atoms with Crippen molar-refractivity contribution in [1.82, 2.24) is 5.32 Å². The van der Waals surface area contributed by atoms with Crippen molar-refractivity contribution in [2.24, 2.45) is 0 Å². The van der Waals surface area contributed by atoms with Crippen molar-refractivity contribution < 1.29 is 19.4 Å². The van der Waals surface area contributed by atoms with Gasteiger partial charge in [0.1, 0.15) is 11.5 Å². The molecule has 0 heterocycles. The van der Waals surface area contributed by atoms with Gasteiger partial charge in [-0.25, -0.2) is 0 Å². The molecule has 0 unspecified atom stereocenters. The number of hydrogen-bond donors (Lipinski definition) is 2. The van der Waals surface area contributed by atoms with Crippen molar-refractivity contribution >= 4 is 11.9 Å². The Morgan fingerprint density at radius 1 is 1.04 bits per heavy atom. The third-order valence-electron chi connectivity index (χ3n) is 3.76. The number of carboxylic acids is 1. The van der Waals surface area contributed by atoms with Crippen molar-refractivity contribution in [2.45, 2.75) is 33.2 Å². The summed E-state index contributed by atoms with van der Waals surface area (Å²) in [7, 11) is 0. The van der Waals surface area contributed by atoms with Crippen LogP contribution in [0.3, 0.4) is 0 Å². The van der Waals surface area contributed by atoms with Gasteiger partial charge in [0.05, 0.1) is 6.42 Å². The maximum absolute atomic E-state index is 11.5. The van der Waals surface area contributed by atoms with Crippen LogP contribution >= 0.6 is 0 Å². The van der Waals surface area contributed by atoms with Crippen LogP contribution < -0.4 is 10.1 Å². The van der Waals surface area contributed by atoms with Crippen molar-refractivity contribution in [3.63, 3.8) is 0 Å². The molecule has 1 amide bonds. The van der Waals surface area contributed by atoms with Crippen molar-refractivity contribution in [2.75, 3.05) is 0 Å². The van der Waals surface area contributed by atoms with Crippen LogP contribution in [0.15, 0.2) is 42.5 Å². The molecule has 0 saturated carbocycles. The fraction of sp³-hybridized carbons (Fsp3) is 0.263. The Hall–Kier alpha value is -2.82. The molecule has 5 heteroatoms. The smallest absolute Gasteiger partial charge is 0.303 e. The molecular formula is C19H21NO4. The van der Waals surface area contributed by atoms with E-state index in [2.05, 4.69) is 5.32 Å². The number of benzene rings is 2. The molecule has 2 aromatic carbocycles. The van der Waals surface area contributed by atoms with Crippen LogP contribution in [0.25, 0.3) is 0 Å². The van der Waals surface area contributed by atoms with Gasteiger partial charge in [-0.1, -0.05) is 24.3 Å². The maximum Gasteiger partial charge on any atom is 0.303 e. The van der Waals surface area contributed by atoms with E-state index in [9.17, 15) is 9.59 Å². The average Bonchev–Trinajstić information content (AvgIpc) is 2.56. The molecule has 0 aromatic heterocycles. The minimum atomic E-state index is -0.974. The van der Waals surface area contributed by atoms with Crippen molar-refractivity contribution in [3.8, 4) is 11.5 Å². The van der Waals surface area contributed by atoms with Gasteiger partial charge >= 0.3 is 5.97 Å². The summed E-state index contributed by atoms with van der Waals surface area (Å²) in [5, 5.41) is 11.2. The van der Waals surface area contributed by atoms with E-state index in [1.54, 1.807) is 0 Å². The number of aryl methyl sites for hydroxylation is 1. The van der Waals surface area contributed by atoms with E-state index in [4.69, 9.17) is 9.84 Å². The number of nitrogens with one attached hydrogen (secondary N) is 1. The van der Waals surface area contributed by atoms with Gasteiger partial charge in [-0.05, 0) is 48.7 Å². The summed E-state index contributed by atoms with van der Waals surface area (Å²) in [6.07, 6.45) is -0.169. The number of amides is 1. The second-order valence-corrected chi connectivity index (χ2v) is 5.61. The molecule has 0 spiro atoms. The fourth-order valence-electron chi connectivity index (χ4n) is 2.15. The molecule has 0 aliphatic carbocycles. The second kappa shape index (κ2) is 8.15. The Labute approximate surface area is 141 Å². The molecule has 0 fully saturated rings. The summed E-state index contributed by atoms with van der Waals surface area (Å²) in [5.74, 6) is 0.306.